The summed E-state index contributed by atoms with van der Waals surface area (Å²) in [5.41, 5.74) is -0.157. The summed E-state index contributed by atoms with van der Waals surface area (Å²) in [4.78, 5) is 14.3. The lowest BCUT2D eigenvalue weighted by Gasteiger charge is -2.27. The van der Waals surface area contributed by atoms with Crippen LogP contribution < -0.4 is 5.32 Å². The Morgan fingerprint density at radius 2 is 2.14 bits per heavy atom. The lowest BCUT2D eigenvalue weighted by molar-refractivity contribution is -0.131. The van der Waals surface area contributed by atoms with Crippen LogP contribution in [0.15, 0.2) is 18.2 Å². The van der Waals surface area contributed by atoms with Crippen LogP contribution in [0.1, 0.15) is 44.8 Å². The molecule has 1 spiro atoms. The molecule has 114 valence electrons. The maximum absolute atomic E-state index is 14.1. The van der Waals surface area contributed by atoms with Gasteiger partial charge in [0.25, 0.3) is 0 Å². The molecular weight excluding hydrogens is 274 g/mol. The lowest BCUT2D eigenvalue weighted by atomic mass is 10.1. The van der Waals surface area contributed by atoms with Gasteiger partial charge in [0.2, 0.25) is 5.91 Å². The maximum atomic E-state index is 14.1. The SMILES string of the molecule is CCC(C)CN1C(=O)C2(CC2)NC1c1ccc(F)cc1F. The molecule has 0 radical (unpaired) electrons. The smallest absolute Gasteiger partial charge is 0.244 e. The van der Waals surface area contributed by atoms with E-state index in [1.807, 2.05) is 0 Å². The molecule has 2 fully saturated rings. The third kappa shape index (κ3) is 2.44. The fourth-order valence-corrected chi connectivity index (χ4v) is 2.90. The Hall–Kier alpha value is -1.49. The minimum absolute atomic E-state index is 0.0523. The topological polar surface area (TPSA) is 32.3 Å². The summed E-state index contributed by atoms with van der Waals surface area (Å²) in [6.45, 7) is 4.73. The van der Waals surface area contributed by atoms with Crippen molar-refractivity contribution in [2.24, 2.45) is 5.92 Å². The Morgan fingerprint density at radius 3 is 2.71 bits per heavy atom. The van der Waals surface area contributed by atoms with Crippen LogP contribution in [-0.4, -0.2) is 22.9 Å². The number of hydrogen-bond donors (Lipinski definition) is 1. The van der Waals surface area contributed by atoms with E-state index in [0.717, 1.165) is 25.3 Å². The van der Waals surface area contributed by atoms with E-state index in [1.165, 1.54) is 12.1 Å². The van der Waals surface area contributed by atoms with Crippen molar-refractivity contribution < 1.29 is 13.6 Å². The van der Waals surface area contributed by atoms with Gasteiger partial charge in [0.15, 0.2) is 0 Å². The molecule has 1 N–H and O–H groups in total. The van der Waals surface area contributed by atoms with Gasteiger partial charge in [-0.25, -0.2) is 8.78 Å². The quantitative estimate of drug-likeness (QED) is 0.926. The molecule has 2 unspecified atom stereocenters. The summed E-state index contributed by atoms with van der Waals surface area (Å²) in [6, 6.07) is 3.55. The molecular formula is C16H20F2N2O. The van der Waals surface area contributed by atoms with Gasteiger partial charge in [-0.2, -0.15) is 0 Å². The number of amides is 1. The number of halogens is 2. The van der Waals surface area contributed by atoms with E-state index in [9.17, 15) is 13.6 Å². The lowest BCUT2D eigenvalue weighted by Crippen LogP contribution is -2.35. The predicted molar refractivity (Wildman–Crippen MR) is 75.4 cm³/mol. The van der Waals surface area contributed by atoms with Crippen LogP contribution in [0.2, 0.25) is 0 Å². The van der Waals surface area contributed by atoms with Crippen LogP contribution >= 0.6 is 0 Å². The van der Waals surface area contributed by atoms with Gasteiger partial charge >= 0.3 is 0 Å². The van der Waals surface area contributed by atoms with Crippen molar-refractivity contribution in [1.82, 2.24) is 10.2 Å². The van der Waals surface area contributed by atoms with Gasteiger partial charge in [-0.05, 0) is 30.9 Å². The highest BCUT2D eigenvalue weighted by Gasteiger charge is 2.59. The van der Waals surface area contributed by atoms with Gasteiger partial charge in [0, 0.05) is 18.2 Å². The highest BCUT2D eigenvalue weighted by Crippen LogP contribution is 2.46. The molecule has 1 saturated heterocycles. The molecule has 1 aliphatic carbocycles. The standard InChI is InChI=1S/C16H20F2N2O/c1-3-10(2)9-20-14(19-16(6-7-16)15(20)21)12-5-4-11(17)8-13(12)18/h4-5,8,10,14,19H,3,6-7,9H2,1-2H3. The molecule has 2 aliphatic rings. The zero-order valence-electron chi connectivity index (χ0n) is 12.3. The third-order valence-electron chi connectivity index (χ3n) is 4.61. The predicted octanol–water partition coefficient (Wildman–Crippen LogP) is 2.97. The van der Waals surface area contributed by atoms with Crippen molar-refractivity contribution >= 4 is 5.91 Å². The fraction of sp³-hybridized carbons (Fsp3) is 0.562. The summed E-state index contributed by atoms with van der Waals surface area (Å²) in [6.07, 6.45) is 2.05. The summed E-state index contributed by atoms with van der Waals surface area (Å²) in [5.74, 6) is -0.811. The molecule has 0 aromatic heterocycles. The first-order valence-electron chi connectivity index (χ1n) is 7.50. The van der Waals surface area contributed by atoms with Crippen LogP contribution in [0.25, 0.3) is 0 Å². The molecule has 1 saturated carbocycles. The van der Waals surface area contributed by atoms with Crippen molar-refractivity contribution in [1.29, 1.82) is 0 Å². The Morgan fingerprint density at radius 1 is 1.43 bits per heavy atom. The zero-order chi connectivity index (χ0) is 15.2. The maximum Gasteiger partial charge on any atom is 0.244 e. The number of carbonyl (C=O) groups excluding carboxylic acids is 1. The van der Waals surface area contributed by atoms with Gasteiger partial charge < -0.3 is 4.90 Å². The minimum Gasteiger partial charge on any atom is -0.321 e. The number of nitrogens with one attached hydrogen (secondary N) is 1. The van der Waals surface area contributed by atoms with Crippen LogP contribution in [0.3, 0.4) is 0 Å². The van der Waals surface area contributed by atoms with E-state index in [2.05, 4.69) is 19.2 Å². The van der Waals surface area contributed by atoms with Gasteiger partial charge in [-0.1, -0.05) is 20.3 Å². The van der Waals surface area contributed by atoms with Gasteiger partial charge in [0.1, 0.15) is 23.3 Å². The average molecular weight is 294 g/mol. The van der Waals surface area contributed by atoms with Gasteiger partial charge in [-0.15, -0.1) is 0 Å². The first-order valence-corrected chi connectivity index (χ1v) is 7.50. The Kier molecular flexibility index (Phi) is 3.48. The highest BCUT2D eigenvalue weighted by molar-refractivity contribution is 5.92. The Bertz CT molecular complexity index is 571. The highest BCUT2D eigenvalue weighted by atomic mass is 19.1. The van der Waals surface area contributed by atoms with Crippen LogP contribution in [0, 0.1) is 17.6 Å². The number of benzene rings is 1. The van der Waals surface area contributed by atoms with Gasteiger partial charge in [0.05, 0.1) is 0 Å². The molecule has 0 bridgehead atoms. The molecule has 1 aromatic rings. The van der Waals surface area contributed by atoms with E-state index >= 15 is 0 Å². The number of hydrogen-bond acceptors (Lipinski definition) is 2. The molecule has 1 aliphatic heterocycles. The molecule has 1 amide bonds. The number of rotatable bonds is 4. The molecule has 2 atom stereocenters. The summed E-state index contributed by atoms with van der Waals surface area (Å²) in [5, 5.41) is 3.26. The Labute approximate surface area is 123 Å². The average Bonchev–Trinajstić information content (AvgIpc) is 3.18. The third-order valence-corrected chi connectivity index (χ3v) is 4.61. The van der Waals surface area contributed by atoms with Crippen LogP contribution in [0.5, 0.6) is 0 Å². The molecule has 5 heteroatoms. The number of nitrogens with zero attached hydrogens (tertiary/aromatic N) is 1. The van der Waals surface area contributed by atoms with Crippen LogP contribution in [-0.2, 0) is 4.79 Å². The van der Waals surface area contributed by atoms with Crippen molar-refractivity contribution in [2.45, 2.75) is 44.8 Å². The first kappa shape index (κ1) is 14.4. The van der Waals surface area contributed by atoms with Gasteiger partial charge in [-0.3, -0.25) is 10.1 Å². The van der Waals surface area contributed by atoms with E-state index in [1.54, 1.807) is 4.90 Å². The minimum atomic E-state index is -0.604. The van der Waals surface area contributed by atoms with E-state index < -0.39 is 23.3 Å². The van der Waals surface area contributed by atoms with E-state index in [0.29, 0.717) is 18.0 Å². The largest absolute Gasteiger partial charge is 0.321 e. The fourth-order valence-electron chi connectivity index (χ4n) is 2.90. The number of carbonyl (C=O) groups is 1. The van der Waals surface area contributed by atoms with Crippen molar-refractivity contribution in [3.05, 3.63) is 35.4 Å². The van der Waals surface area contributed by atoms with Crippen molar-refractivity contribution in [2.75, 3.05) is 6.54 Å². The van der Waals surface area contributed by atoms with Crippen molar-refractivity contribution in [3.8, 4) is 0 Å². The molecule has 3 nitrogen and oxygen atoms in total. The second kappa shape index (κ2) is 5.05. The second-order valence-electron chi connectivity index (χ2n) is 6.27. The van der Waals surface area contributed by atoms with E-state index in [-0.39, 0.29) is 5.91 Å². The molecule has 1 aromatic carbocycles. The van der Waals surface area contributed by atoms with Crippen LogP contribution in [0.4, 0.5) is 8.78 Å². The second-order valence-corrected chi connectivity index (χ2v) is 6.27. The van der Waals surface area contributed by atoms with Crippen molar-refractivity contribution in [3.63, 3.8) is 0 Å². The summed E-state index contributed by atoms with van der Waals surface area (Å²) >= 11 is 0. The first-order chi connectivity index (χ1) is 9.97. The monoisotopic (exact) mass is 294 g/mol. The normalized spacial score (nSPS) is 24.7. The summed E-state index contributed by atoms with van der Waals surface area (Å²) < 4.78 is 27.2. The zero-order valence-corrected chi connectivity index (χ0v) is 12.3. The summed E-state index contributed by atoms with van der Waals surface area (Å²) in [7, 11) is 0. The molecule has 21 heavy (non-hydrogen) atoms. The molecule has 3 rings (SSSR count). The Balaban J connectivity index is 1.92. The van der Waals surface area contributed by atoms with E-state index in [4.69, 9.17) is 0 Å². The molecule has 1 heterocycles.